The molecule has 5 nitrogen and oxygen atoms in total. The van der Waals surface area contributed by atoms with Crippen LogP contribution in [0.4, 0.5) is 13.2 Å². The summed E-state index contributed by atoms with van der Waals surface area (Å²) in [6.45, 7) is 0.329. The van der Waals surface area contributed by atoms with Gasteiger partial charge in [0.2, 0.25) is 5.91 Å². The summed E-state index contributed by atoms with van der Waals surface area (Å²) in [5.74, 6) is -1.11. The van der Waals surface area contributed by atoms with Crippen LogP contribution in [0.15, 0.2) is 48.5 Å². The molecule has 0 radical (unpaired) electrons. The first-order chi connectivity index (χ1) is 15.2. The van der Waals surface area contributed by atoms with E-state index in [1.807, 2.05) is 24.3 Å². The van der Waals surface area contributed by atoms with Crippen molar-refractivity contribution in [2.45, 2.75) is 50.5 Å². The van der Waals surface area contributed by atoms with Crippen LogP contribution >= 0.6 is 11.6 Å². The predicted molar refractivity (Wildman–Crippen MR) is 116 cm³/mol. The molecule has 0 bridgehead atoms. The Morgan fingerprint density at radius 2 is 1.69 bits per heavy atom. The Morgan fingerprint density at radius 1 is 1.00 bits per heavy atom. The molecule has 0 aromatic heterocycles. The predicted octanol–water partition coefficient (Wildman–Crippen LogP) is 4.31. The highest BCUT2D eigenvalue weighted by molar-refractivity contribution is 6.30. The van der Waals surface area contributed by atoms with Crippen molar-refractivity contribution in [1.29, 1.82) is 0 Å². The topological polar surface area (TPSA) is 70.2 Å². The molecule has 32 heavy (non-hydrogen) atoms. The van der Waals surface area contributed by atoms with Crippen LogP contribution in [0.25, 0.3) is 0 Å². The standard InChI is InChI=1S/C23H25ClF3N3O2/c24-18-10-8-15(9-11-18)13-28-19-6-1-2-7-20(19)30-21(31)14-29-22(32)16-4-3-5-17(12-16)23(25,26)27/h3-5,8-12,19-20,28H,1-2,6-7,13-14H2,(H,29,32)(H,30,31). The third-order valence-corrected chi connectivity index (χ3v) is 5.71. The van der Waals surface area contributed by atoms with E-state index in [0.717, 1.165) is 49.4 Å². The van der Waals surface area contributed by atoms with E-state index in [-0.39, 0.29) is 30.1 Å². The number of carbonyl (C=O) groups is 2. The van der Waals surface area contributed by atoms with E-state index in [1.165, 1.54) is 6.07 Å². The van der Waals surface area contributed by atoms with Crippen LogP contribution in [0.1, 0.15) is 47.2 Å². The number of alkyl halides is 3. The van der Waals surface area contributed by atoms with Gasteiger partial charge in [-0.25, -0.2) is 0 Å². The smallest absolute Gasteiger partial charge is 0.350 e. The minimum absolute atomic E-state index is 0.0857. The van der Waals surface area contributed by atoms with E-state index < -0.39 is 17.6 Å². The maximum Gasteiger partial charge on any atom is 0.416 e. The van der Waals surface area contributed by atoms with Crippen molar-refractivity contribution in [2.24, 2.45) is 0 Å². The van der Waals surface area contributed by atoms with Gasteiger partial charge in [0.25, 0.3) is 5.91 Å². The van der Waals surface area contributed by atoms with Gasteiger partial charge in [-0.1, -0.05) is 42.6 Å². The van der Waals surface area contributed by atoms with Crippen molar-refractivity contribution in [3.05, 3.63) is 70.2 Å². The van der Waals surface area contributed by atoms with Gasteiger partial charge in [-0.05, 0) is 48.7 Å². The number of hydrogen-bond donors (Lipinski definition) is 3. The van der Waals surface area contributed by atoms with Crippen LogP contribution in [-0.4, -0.2) is 30.4 Å². The highest BCUT2D eigenvalue weighted by atomic mass is 35.5. The third kappa shape index (κ3) is 6.97. The van der Waals surface area contributed by atoms with E-state index in [2.05, 4.69) is 16.0 Å². The van der Waals surface area contributed by atoms with E-state index in [0.29, 0.717) is 11.6 Å². The molecule has 1 saturated carbocycles. The number of carbonyl (C=O) groups excluding carboxylic acids is 2. The molecule has 9 heteroatoms. The summed E-state index contributed by atoms with van der Waals surface area (Å²) in [5.41, 5.74) is 0.0256. The summed E-state index contributed by atoms with van der Waals surface area (Å²) in [6, 6.07) is 11.6. The van der Waals surface area contributed by atoms with Gasteiger partial charge >= 0.3 is 6.18 Å². The molecule has 1 aliphatic rings. The second-order valence-corrected chi connectivity index (χ2v) is 8.27. The Bertz CT molecular complexity index is 935. The monoisotopic (exact) mass is 467 g/mol. The van der Waals surface area contributed by atoms with Crippen molar-refractivity contribution in [2.75, 3.05) is 6.54 Å². The summed E-state index contributed by atoms with van der Waals surface area (Å²) in [7, 11) is 0. The van der Waals surface area contributed by atoms with Crippen molar-refractivity contribution < 1.29 is 22.8 Å². The van der Waals surface area contributed by atoms with Crippen LogP contribution in [0, 0.1) is 0 Å². The van der Waals surface area contributed by atoms with Gasteiger partial charge in [0, 0.05) is 29.2 Å². The molecule has 3 N–H and O–H groups in total. The molecule has 0 spiro atoms. The highest BCUT2D eigenvalue weighted by Gasteiger charge is 2.31. The van der Waals surface area contributed by atoms with Crippen LogP contribution in [0.2, 0.25) is 5.02 Å². The van der Waals surface area contributed by atoms with Gasteiger partial charge in [0.15, 0.2) is 0 Å². The molecule has 0 saturated heterocycles. The van der Waals surface area contributed by atoms with Gasteiger partial charge in [0.1, 0.15) is 0 Å². The molecule has 1 fully saturated rings. The van der Waals surface area contributed by atoms with E-state index in [4.69, 9.17) is 11.6 Å². The molecule has 2 aromatic rings. The summed E-state index contributed by atoms with van der Waals surface area (Å²) >= 11 is 5.91. The van der Waals surface area contributed by atoms with E-state index >= 15 is 0 Å². The zero-order valence-corrected chi connectivity index (χ0v) is 18.1. The largest absolute Gasteiger partial charge is 0.416 e. The molecular weight excluding hydrogens is 443 g/mol. The fourth-order valence-electron chi connectivity index (χ4n) is 3.76. The fraction of sp³-hybridized carbons (Fsp3) is 0.391. The molecule has 2 atom stereocenters. The minimum atomic E-state index is -4.54. The number of nitrogens with one attached hydrogen (secondary N) is 3. The van der Waals surface area contributed by atoms with Crippen molar-refractivity contribution in [3.8, 4) is 0 Å². The first kappa shape index (κ1) is 24.1. The number of benzene rings is 2. The van der Waals surface area contributed by atoms with Gasteiger partial charge in [-0.3, -0.25) is 9.59 Å². The summed E-state index contributed by atoms with van der Waals surface area (Å²) < 4.78 is 38.5. The van der Waals surface area contributed by atoms with Gasteiger partial charge in [-0.2, -0.15) is 13.2 Å². The van der Waals surface area contributed by atoms with Crippen LogP contribution in [0.3, 0.4) is 0 Å². The van der Waals surface area contributed by atoms with Crippen LogP contribution in [-0.2, 0) is 17.5 Å². The molecule has 172 valence electrons. The van der Waals surface area contributed by atoms with E-state index in [1.54, 1.807) is 0 Å². The lowest BCUT2D eigenvalue weighted by Gasteiger charge is -2.33. The molecule has 1 aliphatic carbocycles. The average Bonchev–Trinajstić information content (AvgIpc) is 2.77. The lowest BCUT2D eigenvalue weighted by atomic mass is 9.90. The van der Waals surface area contributed by atoms with Crippen molar-refractivity contribution >= 4 is 23.4 Å². The zero-order chi connectivity index (χ0) is 23.1. The molecule has 0 aliphatic heterocycles. The Kier molecular flexibility index (Phi) is 8.15. The quantitative estimate of drug-likeness (QED) is 0.568. The summed E-state index contributed by atoms with van der Waals surface area (Å²) in [4.78, 5) is 24.6. The normalized spacial score (nSPS) is 18.8. The summed E-state index contributed by atoms with van der Waals surface area (Å²) in [5, 5.41) is 9.48. The number of hydrogen-bond acceptors (Lipinski definition) is 3. The molecule has 3 rings (SSSR count). The maximum absolute atomic E-state index is 12.8. The molecule has 0 heterocycles. The SMILES string of the molecule is O=C(CNC(=O)c1cccc(C(F)(F)F)c1)NC1CCCCC1NCc1ccc(Cl)cc1. The minimum Gasteiger partial charge on any atom is -0.350 e. The molecule has 2 amide bonds. The Hall–Kier alpha value is -2.58. The van der Waals surface area contributed by atoms with Crippen molar-refractivity contribution in [3.63, 3.8) is 0 Å². The lowest BCUT2D eigenvalue weighted by Crippen LogP contribution is -2.53. The summed E-state index contributed by atoms with van der Waals surface area (Å²) in [6.07, 6.45) is -0.777. The Labute approximate surface area is 189 Å². The van der Waals surface area contributed by atoms with Crippen LogP contribution < -0.4 is 16.0 Å². The maximum atomic E-state index is 12.8. The van der Waals surface area contributed by atoms with Crippen LogP contribution in [0.5, 0.6) is 0 Å². The lowest BCUT2D eigenvalue weighted by molar-refractivity contribution is -0.137. The third-order valence-electron chi connectivity index (χ3n) is 5.46. The van der Waals surface area contributed by atoms with Gasteiger partial charge in [0.05, 0.1) is 12.1 Å². The van der Waals surface area contributed by atoms with Gasteiger partial charge < -0.3 is 16.0 Å². The molecular formula is C23H25ClF3N3O2. The second kappa shape index (κ2) is 10.8. The number of amides is 2. The Morgan fingerprint density at radius 3 is 2.38 bits per heavy atom. The molecule has 2 unspecified atom stereocenters. The van der Waals surface area contributed by atoms with E-state index in [9.17, 15) is 22.8 Å². The first-order valence-electron chi connectivity index (χ1n) is 10.4. The Balaban J connectivity index is 1.50. The number of halogens is 4. The van der Waals surface area contributed by atoms with Gasteiger partial charge in [-0.15, -0.1) is 0 Å². The molecule has 2 aromatic carbocycles. The fourth-order valence-corrected chi connectivity index (χ4v) is 3.88. The number of rotatable bonds is 7. The highest BCUT2D eigenvalue weighted by Crippen LogP contribution is 2.29. The average molecular weight is 468 g/mol. The van der Waals surface area contributed by atoms with Crippen molar-refractivity contribution in [1.82, 2.24) is 16.0 Å². The zero-order valence-electron chi connectivity index (χ0n) is 17.3. The first-order valence-corrected chi connectivity index (χ1v) is 10.8. The second-order valence-electron chi connectivity index (χ2n) is 7.83.